The van der Waals surface area contributed by atoms with Crippen molar-refractivity contribution >= 4 is 5.91 Å². The molecule has 2 atom stereocenters. The Balaban J connectivity index is 1.31. The molecule has 0 aromatic carbocycles. The summed E-state index contributed by atoms with van der Waals surface area (Å²) in [6, 6.07) is 0.675. The van der Waals surface area contributed by atoms with E-state index in [2.05, 4.69) is 9.80 Å². The first-order valence-electron chi connectivity index (χ1n) is 10.3. The number of nitrogens with zero attached hydrogens (tertiary/aromatic N) is 2. The van der Waals surface area contributed by atoms with Gasteiger partial charge in [-0.05, 0) is 56.4 Å². The lowest BCUT2D eigenvalue weighted by molar-refractivity contribution is -0.130. The fraction of sp³-hybridized carbons (Fsp3) is 0.950. The zero-order valence-corrected chi connectivity index (χ0v) is 14.7. The first-order chi connectivity index (χ1) is 11.3. The maximum atomic E-state index is 12.7. The van der Waals surface area contributed by atoms with E-state index in [1.807, 2.05) is 0 Å². The Morgan fingerprint density at radius 3 is 2.43 bits per heavy atom. The lowest BCUT2D eigenvalue weighted by atomic mass is 9.98. The maximum absolute atomic E-state index is 12.7. The van der Waals surface area contributed by atoms with Crippen molar-refractivity contribution in [2.45, 2.75) is 76.7 Å². The van der Waals surface area contributed by atoms with Crippen LogP contribution in [0.4, 0.5) is 0 Å². The summed E-state index contributed by atoms with van der Waals surface area (Å²) in [5.74, 6) is 3.03. The highest BCUT2D eigenvalue weighted by atomic mass is 16.2. The normalized spacial score (nSPS) is 33.0. The minimum atomic E-state index is 0.455. The summed E-state index contributed by atoms with van der Waals surface area (Å²) in [4.78, 5) is 17.7. The predicted octanol–water partition coefficient (Wildman–Crippen LogP) is 3.68. The van der Waals surface area contributed by atoms with Crippen LogP contribution in [0.25, 0.3) is 0 Å². The van der Waals surface area contributed by atoms with Crippen LogP contribution in [0.3, 0.4) is 0 Å². The van der Waals surface area contributed by atoms with E-state index in [1.54, 1.807) is 0 Å². The molecule has 0 N–H and O–H groups in total. The topological polar surface area (TPSA) is 23.6 Å². The molecule has 4 aliphatic rings. The number of carbonyl (C=O) groups excluding carboxylic acids is 1. The molecule has 0 spiro atoms. The summed E-state index contributed by atoms with van der Waals surface area (Å²) in [6.07, 6.45) is 14.5. The Morgan fingerprint density at radius 2 is 1.65 bits per heavy atom. The number of hydrogen-bond acceptors (Lipinski definition) is 2. The van der Waals surface area contributed by atoms with Gasteiger partial charge in [-0.25, -0.2) is 0 Å². The SMILES string of the molecule is O=C(CCC1CCCC1)N1C[C@@H]2CCCCN(CC3CC3)[C@@H]2C1. The molecule has 3 heteroatoms. The van der Waals surface area contributed by atoms with Crippen LogP contribution in [0.15, 0.2) is 0 Å². The highest BCUT2D eigenvalue weighted by Gasteiger charge is 2.40. The van der Waals surface area contributed by atoms with Gasteiger partial charge in [0, 0.05) is 32.1 Å². The van der Waals surface area contributed by atoms with E-state index in [0.29, 0.717) is 11.9 Å². The Bertz CT molecular complexity index is 414. The van der Waals surface area contributed by atoms with Crippen molar-refractivity contribution in [2.75, 3.05) is 26.2 Å². The number of fused-ring (bicyclic) bond motifs is 1. The third-order valence-corrected chi connectivity index (χ3v) is 6.93. The van der Waals surface area contributed by atoms with E-state index in [1.165, 1.54) is 70.9 Å². The molecule has 3 nitrogen and oxygen atoms in total. The molecule has 2 saturated carbocycles. The highest BCUT2D eigenvalue weighted by molar-refractivity contribution is 5.76. The van der Waals surface area contributed by atoms with Gasteiger partial charge in [-0.15, -0.1) is 0 Å². The second-order valence-electron chi connectivity index (χ2n) is 8.75. The van der Waals surface area contributed by atoms with Crippen LogP contribution in [0.5, 0.6) is 0 Å². The Morgan fingerprint density at radius 1 is 0.870 bits per heavy atom. The van der Waals surface area contributed by atoms with Crippen LogP contribution in [0.2, 0.25) is 0 Å². The molecule has 0 unspecified atom stereocenters. The van der Waals surface area contributed by atoms with Crippen molar-refractivity contribution in [1.29, 1.82) is 0 Å². The quantitative estimate of drug-likeness (QED) is 0.772. The van der Waals surface area contributed by atoms with Crippen LogP contribution < -0.4 is 0 Å². The third kappa shape index (κ3) is 3.92. The molecule has 0 radical (unpaired) electrons. The molecule has 0 aromatic heterocycles. The van der Waals surface area contributed by atoms with Crippen LogP contribution >= 0.6 is 0 Å². The largest absolute Gasteiger partial charge is 0.341 e. The zero-order valence-electron chi connectivity index (χ0n) is 14.7. The zero-order chi connectivity index (χ0) is 15.6. The number of hydrogen-bond donors (Lipinski definition) is 0. The van der Waals surface area contributed by atoms with E-state index in [-0.39, 0.29) is 0 Å². The highest BCUT2D eigenvalue weighted by Crippen LogP contribution is 2.36. The molecule has 1 amide bonds. The minimum Gasteiger partial charge on any atom is -0.341 e. The second kappa shape index (κ2) is 7.13. The molecule has 2 heterocycles. The molecular formula is C20H34N2O. The summed E-state index contributed by atoms with van der Waals surface area (Å²) in [7, 11) is 0. The molecule has 4 rings (SSSR count). The fourth-order valence-corrected chi connectivity index (χ4v) is 5.29. The lowest BCUT2D eigenvalue weighted by Crippen LogP contribution is -2.42. The summed E-state index contributed by atoms with van der Waals surface area (Å²) >= 11 is 0. The summed E-state index contributed by atoms with van der Waals surface area (Å²) in [6.45, 7) is 4.67. The van der Waals surface area contributed by atoms with E-state index in [4.69, 9.17) is 0 Å². The van der Waals surface area contributed by atoms with Gasteiger partial charge in [0.15, 0.2) is 0 Å². The van der Waals surface area contributed by atoms with Gasteiger partial charge in [0.1, 0.15) is 0 Å². The Labute approximate surface area is 141 Å². The summed E-state index contributed by atoms with van der Waals surface area (Å²) in [5, 5.41) is 0. The van der Waals surface area contributed by atoms with Gasteiger partial charge < -0.3 is 4.90 Å². The molecule has 2 saturated heterocycles. The van der Waals surface area contributed by atoms with Gasteiger partial charge in [0.25, 0.3) is 0 Å². The van der Waals surface area contributed by atoms with Crippen molar-refractivity contribution in [3.8, 4) is 0 Å². The monoisotopic (exact) mass is 318 g/mol. The van der Waals surface area contributed by atoms with Crippen molar-refractivity contribution < 1.29 is 4.79 Å². The predicted molar refractivity (Wildman–Crippen MR) is 93.2 cm³/mol. The van der Waals surface area contributed by atoms with Crippen molar-refractivity contribution in [2.24, 2.45) is 17.8 Å². The van der Waals surface area contributed by atoms with Gasteiger partial charge >= 0.3 is 0 Å². The standard InChI is InChI=1S/C20H34N2O/c23-20(11-10-16-5-1-2-6-16)22-14-18-7-3-4-12-21(19(18)15-22)13-17-8-9-17/h16-19H,1-15H2/t18-,19+/m0/s1. The van der Waals surface area contributed by atoms with Crippen molar-refractivity contribution in [1.82, 2.24) is 9.80 Å². The molecule has 0 aromatic rings. The molecule has 23 heavy (non-hydrogen) atoms. The average molecular weight is 319 g/mol. The first-order valence-corrected chi connectivity index (χ1v) is 10.3. The number of likely N-dealkylation sites (tertiary alicyclic amines) is 2. The molecular weight excluding hydrogens is 284 g/mol. The molecule has 2 aliphatic heterocycles. The van der Waals surface area contributed by atoms with Crippen LogP contribution in [-0.4, -0.2) is 47.9 Å². The Hall–Kier alpha value is -0.570. The van der Waals surface area contributed by atoms with Gasteiger partial charge in [-0.1, -0.05) is 32.1 Å². The van der Waals surface area contributed by atoms with Gasteiger partial charge in [0.2, 0.25) is 5.91 Å². The second-order valence-corrected chi connectivity index (χ2v) is 8.75. The van der Waals surface area contributed by atoms with Gasteiger partial charge in [-0.3, -0.25) is 9.69 Å². The molecule has 130 valence electrons. The Kier molecular flexibility index (Phi) is 4.93. The van der Waals surface area contributed by atoms with Crippen LogP contribution in [0, 0.1) is 17.8 Å². The third-order valence-electron chi connectivity index (χ3n) is 6.93. The van der Waals surface area contributed by atoms with E-state index >= 15 is 0 Å². The van der Waals surface area contributed by atoms with Crippen molar-refractivity contribution in [3.05, 3.63) is 0 Å². The smallest absolute Gasteiger partial charge is 0.222 e. The fourth-order valence-electron chi connectivity index (χ4n) is 5.29. The minimum absolute atomic E-state index is 0.455. The number of carbonyl (C=O) groups is 1. The molecule has 2 aliphatic carbocycles. The first kappa shape index (κ1) is 15.9. The summed E-state index contributed by atoms with van der Waals surface area (Å²) < 4.78 is 0. The van der Waals surface area contributed by atoms with E-state index in [9.17, 15) is 4.79 Å². The average Bonchev–Trinajstić information content (AvgIpc) is 3.10. The maximum Gasteiger partial charge on any atom is 0.222 e. The van der Waals surface area contributed by atoms with Crippen LogP contribution in [-0.2, 0) is 4.79 Å². The lowest BCUT2D eigenvalue weighted by Gasteiger charge is -2.30. The number of rotatable bonds is 5. The summed E-state index contributed by atoms with van der Waals surface area (Å²) in [5.41, 5.74) is 0. The van der Waals surface area contributed by atoms with E-state index in [0.717, 1.165) is 43.7 Å². The van der Waals surface area contributed by atoms with Gasteiger partial charge in [-0.2, -0.15) is 0 Å². The van der Waals surface area contributed by atoms with Gasteiger partial charge in [0.05, 0.1) is 0 Å². The van der Waals surface area contributed by atoms with Crippen LogP contribution in [0.1, 0.15) is 70.6 Å². The molecule has 4 fully saturated rings. The molecule has 0 bridgehead atoms. The van der Waals surface area contributed by atoms with E-state index < -0.39 is 0 Å². The van der Waals surface area contributed by atoms with Crippen molar-refractivity contribution in [3.63, 3.8) is 0 Å². The number of amides is 1.